The largest absolute Gasteiger partial charge is 0.492 e. The number of hydrogen-bond acceptors (Lipinski definition) is 2. The topological polar surface area (TPSA) is 50.4 Å². The number of hydrogen-bond donors (Lipinski definition) is 2. The van der Waals surface area contributed by atoms with Crippen LogP contribution in [-0.4, -0.2) is 25.2 Å². The summed E-state index contributed by atoms with van der Waals surface area (Å²) >= 11 is 3.40. The van der Waals surface area contributed by atoms with Crippen LogP contribution in [0.25, 0.3) is 0 Å². The second kappa shape index (κ2) is 8.93. The van der Waals surface area contributed by atoms with E-state index in [-0.39, 0.29) is 6.03 Å². The molecule has 0 unspecified atom stereocenters. The number of carbonyl (C=O) groups excluding carboxylic acids is 1. The molecule has 4 nitrogen and oxygen atoms in total. The molecule has 116 valence electrons. The lowest BCUT2D eigenvalue weighted by Gasteiger charge is -2.16. The van der Waals surface area contributed by atoms with Gasteiger partial charge in [-0.2, -0.15) is 0 Å². The number of carbonyl (C=O) groups is 1. The molecule has 5 heteroatoms. The minimum atomic E-state index is -0.0836. The fourth-order valence-corrected chi connectivity index (χ4v) is 2.93. The molecule has 0 aromatic heterocycles. The Bertz CT molecular complexity index is 446. The van der Waals surface area contributed by atoms with Gasteiger partial charge >= 0.3 is 6.03 Å². The van der Waals surface area contributed by atoms with Gasteiger partial charge in [0, 0.05) is 10.5 Å². The van der Waals surface area contributed by atoms with Crippen LogP contribution < -0.4 is 15.4 Å². The molecule has 1 aromatic carbocycles. The van der Waals surface area contributed by atoms with Crippen LogP contribution in [0.1, 0.15) is 38.5 Å². The summed E-state index contributed by atoms with van der Waals surface area (Å²) in [5.74, 6) is 0.801. The highest BCUT2D eigenvalue weighted by Gasteiger charge is 2.14. The van der Waals surface area contributed by atoms with Gasteiger partial charge in [-0.05, 0) is 31.0 Å². The normalized spacial score (nSPS) is 16.0. The number of halogens is 1. The number of rotatable bonds is 5. The van der Waals surface area contributed by atoms with Gasteiger partial charge in [0.05, 0.1) is 6.54 Å². The number of amides is 2. The summed E-state index contributed by atoms with van der Waals surface area (Å²) in [6.07, 6.45) is 7.22. The highest BCUT2D eigenvalue weighted by Crippen LogP contribution is 2.18. The monoisotopic (exact) mass is 354 g/mol. The lowest BCUT2D eigenvalue weighted by Crippen LogP contribution is -2.43. The summed E-state index contributed by atoms with van der Waals surface area (Å²) in [7, 11) is 0. The van der Waals surface area contributed by atoms with Gasteiger partial charge in [0.25, 0.3) is 0 Å². The molecule has 0 heterocycles. The Labute approximate surface area is 134 Å². The molecular weight excluding hydrogens is 332 g/mol. The molecule has 1 aliphatic rings. The number of benzene rings is 1. The van der Waals surface area contributed by atoms with Gasteiger partial charge < -0.3 is 15.4 Å². The molecule has 1 fully saturated rings. The first-order chi connectivity index (χ1) is 10.2. The minimum absolute atomic E-state index is 0.0836. The summed E-state index contributed by atoms with van der Waals surface area (Å²) in [4.78, 5) is 11.8. The van der Waals surface area contributed by atoms with Gasteiger partial charge in [0.2, 0.25) is 0 Å². The fourth-order valence-electron chi connectivity index (χ4n) is 2.55. The predicted octanol–water partition coefficient (Wildman–Crippen LogP) is 3.85. The zero-order chi connectivity index (χ0) is 14.9. The molecule has 0 atom stereocenters. The predicted molar refractivity (Wildman–Crippen MR) is 87.7 cm³/mol. The molecule has 2 N–H and O–H groups in total. The van der Waals surface area contributed by atoms with Gasteiger partial charge in [0.15, 0.2) is 0 Å². The van der Waals surface area contributed by atoms with Crippen LogP contribution in [0.15, 0.2) is 28.7 Å². The average molecular weight is 355 g/mol. The Balaban J connectivity index is 1.60. The number of ether oxygens (including phenoxy) is 1. The second-order valence-electron chi connectivity index (χ2n) is 5.39. The van der Waals surface area contributed by atoms with Gasteiger partial charge in [0.1, 0.15) is 12.4 Å². The highest BCUT2D eigenvalue weighted by molar-refractivity contribution is 9.10. The smallest absolute Gasteiger partial charge is 0.315 e. The van der Waals surface area contributed by atoms with Crippen LogP contribution in [0.4, 0.5) is 4.79 Å². The van der Waals surface area contributed by atoms with Crippen LogP contribution in [0.5, 0.6) is 5.75 Å². The molecule has 1 aliphatic carbocycles. The molecule has 2 amide bonds. The molecule has 0 spiro atoms. The minimum Gasteiger partial charge on any atom is -0.492 e. The maximum atomic E-state index is 11.8. The van der Waals surface area contributed by atoms with Crippen molar-refractivity contribution >= 4 is 22.0 Å². The van der Waals surface area contributed by atoms with Crippen molar-refractivity contribution in [3.63, 3.8) is 0 Å². The molecule has 1 aromatic rings. The third-order valence-corrected chi connectivity index (χ3v) is 4.14. The quantitative estimate of drug-likeness (QED) is 0.623. The Kier molecular flexibility index (Phi) is 6.86. The summed E-state index contributed by atoms with van der Waals surface area (Å²) in [6.45, 7) is 0.972. The molecular formula is C16H23BrN2O2. The van der Waals surface area contributed by atoms with Gasteiger partial charge in [-0.1, -0.05) is 47.7 Å². The molecule has 1 saturated carbocycles. The van der Waals surface area contributed by atoms with Crippen LogP contribution in [0.2, 0.25) is 0 Å². The average Bonchev–Trinajstić information content (AvgIpc) is 2.72. The first-order valence-electron chi connectivity index (χ1n) is 7.67. The molecule has 0 aliphatic heterocycles. The summed E-state index contributed by atoms with van der Waals surface area (Å²) in [6, 6.07) is 7.93. The molecule has 21 heavy (non-hydrogen) atoms. The first kappa shape index (κ1) is 16.1. The van der Waals surface area contributed by atoms with E-state index in [2.05, 4.69) is 26.6 Å². The van der Waals surface area contributed by atoms with Crippen molar-refractivity contribution in [3.8, 4) is 5.75 Å². The van der Waals surface area contributed by atoms with Crippen molar-refractivity contribution in [2.24, 2.45) is 0 Å². The van der Waals surface area contributed by atoms with Crippen LogP contribution in [-0.2, 0) is 0 Å². The van der Waals surface area contributed by atoms with Gasteiger partial charge in [-0.25, -0.2) is 4.79 Å². The van der Waals surface area contributed by atoms with E-state index in [4.69, 9.17) is 4.74 Å². The van der Waals surface area contributed by atoms with Crippen LogP contribution >= 0.6 is 15.9 Å². The van der Waals surface area contributed by atoms with Crippen LogP contribution in [0.3, 0.4) is 0 Å². The third kappa shape index (κ3) is 6.38. The van der Waals surface area contributed by atoms with Gasteiger partial charge in [-0.3, -0.25) is 0 Å². The number of nitrogens with one attached hydrogen (secondary N) is 2. The SMILES string of the molecule is O=C(NCCOc1cccc(Br)c1)NC1CCCCCC1. The van der Waals surface area contributed by atoms with Crippen molar-refractivity contribution in [3.05, 3.63) is 28.7 Å². The maximum Gasteiger partial charge on any atom is 0.315 e. The Morgan fingerprint density at radius 1 is 1.24 bits per heavy atom. The van der Waals surface area contributed by atoms with E-state index in [1.54, 1.807) is 0 Å². The lowest BCUT2D eigenvalue weighted by molar-refractivity contribution is 0.231. The Hall–Kier alpha value is -1.23. The maximum absolute atomic E-state index is 11.8. The highest BCUT2D eigenvalue weighted by atomic mass is 79.9. The lowest BCUT2D eigenvalue weighted by atomic mass is 10.1. The Morgan fingerprint density at radius 3 is 2.71 bits per heavy atom. The van der Waals surface area contributed by atoms with E-state index in [1.807, 2.05) is 24.3 Å². The number of urea groups is 1. The fraction of sp³-hybridized carbons (Fsp3) is 0.562. The third-order valence-electron chi connectivity index (χ3n) is 3.64. The van der Waals surface area contributed by atoms with Crippen molar-refractivity contribution < 1.29 is 9.53 Å². The molecule has 0 radical (unpaired) electrons. The summed E-state index contributed by atoms with van der Waals surface area (Å²) in [5, 5.41) is 5.90. The van der Waals surface area contributed by atoms with E-state index in [1.165, 1.54) is 25.7 Å². The van der Waals surface area contributed by atoms with Gasteiger partial charge in [-0.15, -0.1) is 0 Å². The zero-order valence-electron chi connectivity index (χ0n) is 12.2. The van der Waals surface area contributed by atoms with Crippen molar-refractivity contribution in [1.82, 2.24) is 10.6 Å². The molecule has 2 rings (SSSR count). The van der Waals surface area contributed by atoms with Crippen molar-refractivity contribution in [2.75, 3.05) is 13.2 Å². The van der Waals surface area contributed by atoms with Crippen molar-refractivity contribution in [2.45, 2.75) is 44.6 Å². The van der Waals surface area contributed by atoms with E-state index >= 15 is 0 Å². The van der Waals surface area contributed by atoms with E-state index in [0.29, 0.717) is 19.2 Å². The second-order valence-corrected chi connectivity index (χ2v) is 6.31. The van der Waals surface area contributed by atoms with Crippen LogP contribution in [0, 0.1) is 0 Å². The van der Waals surface area contributed by atoms with E-state index in [9.17, 15) is 4.79 Å². The molecule has 0 saturated heterocycles. The van der Waals surface area contributed by atoms with Crippen molar-refractivity contribution in [1.29, 1.82) is 0 Å². The standard InChI is InChI=1S/C16H23BrN2O2/c17-13-6-5-9-15(12-13)21-11-10-18-16(20)19-14-7-3-1-2-4-8-14/h5-6,9,12,14H,1-4,7-8,10-11H2,(H2,18,19,20). The van der Waals surface area contributed by atoms with E-state index in [0.717, 1.165) is 23.1 Å². The zero-order valence-corrected chi connectivity index (χ0v) is 13.8. The molecule has 0 bridgehead atoms. The summed E-state index contributed by atoms with van der Waals surface area (Å²) < 4.78 is 6.56. The Morgan fingerprint density at radius 2 is 2.00 bits per heavy atom. The first-order valence-corrected chi connectivity index (χ1v) is 8.46. The van der Waals surface area contributed by atoms with E-state index < -0.39 is 0 Å². The summed E-state index contributed by atoms with van der Waals surface area (Å²) in [5.41, 5.74) is 0.